The van der Waals surface area contributed by atoms with E-state index in [1.807, 2.05) is 65.0 Å². The van der Waals surface area contributed by atoms with Gasteiger partial charge in [0.25, 0.3) is 9.05 Å². The summed E-state index contributed by atoms with van der Waals surface area (Å²) in [7, 11) is -2.19. The average Bonchev–Trinajstić information content (AvgIpc) is 3.67. The predicted molar refractivity (Wildman–Crippen MR) is 195 cm³/mol. The van der Waals surface area contributed by atoms with Crippen molar-refractivity contribution in [1.29, 1.82) is 0 Å². The van der Waals surface area contributed by atoms with Crippen LogP contribution in [0.5, 0.6) is 0 Å². The Morgan fingerprint density at radius 1 is 0.837 bits per heavy atom. The van der Waals surface area contributed by atoms with Crippen LogP contribution < -0.4 is 0 Å². The summed E-state index contributed by atoms with van der Waals surface area (Å²) in [5.41, 5.74) is 1.85. The van der Waals surface area contributed by atoms with Gasteiger partial charge in [-0.1, -0.05) is 51.6 Å². The molecule has 0 saturated heterocycles. The molecule has 3 aromatic carbocycles. The number of benzene rings is 3. The number of esters is 1. The molecule has 5 rings (SSSR count). The highest BCUT2D eigenvalue weighted by atomic mass is 35.7. The minimum atomic E-state index is -3.72. The monoisotopic (exact) mass is 731 g/mol. The van der Waals surface area contributed by atoms with Crippen LogP contribution in [0.3, 0.4) is 0 Å². The highest BCUT2D eigenvalue weighted by Gasteiger charge is 2.28. The summed E-state index contributed by atoms with van der Waals surface area (Å²) in [6.07, 6.45) is 4.51. The Balaban J connectivity index is 0.000000387. The van der Waals surface area contributed by atoms with Crippen LogP contribution in [-0.4, -0.2) is 45.8 Å². The van der Waals surface area contributed by atoms with Gasteiger partial charge in [0.15, 0.2) is 0 Å². The average molecular weight is 732 g/mol. The Hall–Kier alpha value is -3.64. The van der Waals surface area contributed by atoms with Crippen molar-refractivity contribution in [2.75, 3.05) is 13.1 Å². The van der Waals surface area contributed by atoms with Crippen LogP contribution in [0, 0.1) is 11.8 Å². The molecule has 0 aliphatic heterocycles. The lowest BCUT2D eigenvalue weighted by Crippen LogP contribution is -2.36. The van der Waals surface area contributed by atoms with Gasteiger partial charge >= 0.3 is 5.97 Å². The first-order valence-electron chi connectivity index (χ1n) is 15.7. The maximum atomic E-state index is 13.6. The SMILES string of the molecule is C.CC(C)CN(CC[C@@H](CC(=O)OC(C)(C)C)Cc1ccccc1)S(=O)(=O)c1ccc2occc2c1.O=S(=O)(Cl)c1ccc2occc2c1. The zero-order valence-electron chi connectivity index (χ0n) is 27.8. The fraction of sp³-hybridized carbons (Fsp3) is 0.378. The van der Waals surface area contributed by atoms with E-state index < -0.39 is 24.7 Å². The number of halogens is 1. The molecule has 2 aromatic heterocycles. The number of rotatable bonds is 12. The minimum absolute atomic E-state index is 0. The van der Waals surface area contributed by atoms with Crippen molar-refractivity contribution >= 4 is 57.7 Å². The molecule has 0 spiro atoms. The van der Waals surface area contributed by atoms with Gasteiger partial charge in [-0.05, 0) is 99.5 Å². The number of fused-ring (bicyclic) bond motifs is 2. The largest absolute Gasteiger partial charge is 0.464 e. The van der Waals surface area contributed by atoms with Crippen molar-refractivity contribution in [2.24, 2.45) is 11.8 Å². The van der Waals surface area contributed by atoms with Crippen molar-refractivity contribution in [3.8, 4) is 0 Å². The molecule has 1 atom stereocenters. The van der Waals surface area contributed by atoms with Gasteiger partial charge in [0.05, 0.1) is 22.3 Å². The van der Waals surface area contributed by atoms with Gasteiger partial charge in [-0.25, -0.2) is 16.8 Å². The number of sulfonamides is 1. The third-order valence-electron chi connectivity index (χ3n) is 7.37. The summed E-state index contributed by atoms with van der Waals surface area (Å²) in [6.45, 7) is 10.3. The number of furan rings is 2. The number of hydrogen-bond donors (Lipinski definition) is 0. The molecule has 266 valence electrons. The van der Waals surface area contributed by atoms with E-state index in [9.17, 15) is 21.6 Å². The lowest BCUT2D eigenvalue weighted by Gasteiger charge is -2.27. The molecule has 0 bridgehead atoms. The topological polar surface area (TPSA) is 124 Å². The Kier molecular flexibility index (Phi) is 13.7. The molecule has 2 heterocycles. The van der Waals surface area contributed by atoms with Crippen LogP contribution in [0.15, 0.2) is 110 Å². The smallest absolute Gasteiger partial charge is 0.306 e. The molecule has 0 amide bonds. The molecule has 0 fully saturated rings. The van der Waals surface area contributed by atoms with Crippen LogP contribution in [0.2, 0.25) is 0 Å². The molecule has 0 N–H and O–H groups in total. The quantitative estimate of drug-likeness (QED) is 0.0920. The summed E-state index contributed by atoms with van der Waals surface area (Å²) >= 11 is 0. The molecule has 0 aliphatic carbocycles. The fourth-order valence-electron chi connectivity index (χ4n) is 5.24. The summed E-state index contributed by atoms with van der Waals surface area (Å²) < 4.78 is 66.6. The normalized spacial score (nSPS) is 12.8. The van der Waals surface area contributed by atoms with Crippen LogP contribution >= 0.6 is 10.7 Å². The van der Waals surface area contributed by atoms with Crippen molar-refractivity contribution < 1.29 is 35.2 Å². The van der Waals surface area contributed by atoms with E-state index >= 15 is 0 Å². The fourth-order valence-corrected chi connectivity index (χ4v) is 7.68. The highest BCUT2D eigenvalue weighted by Crippen LogP contribution is 2.26. The van der Waals surface area contributed by atoms with Gasteiger partial charge in [-0.3, -0.25) is 4.79 Å². The summed E-state index contributed by atoms with van der Waals surface area (Å²) in [5.74, 6) is -0.156. The Morgan fingerprint density at radius 2 is 1.39 bits per heavy atom. The number of ether oxygens (including phenoxy) is 1. The van der Waals surface area contributed by atoms with Crippen LogP contribution in [-0.2, 0) is 35.0 Å². The number of hydrogen-bond acceptors (Lipinski definition) is 8. The first-order chi connectivity index (χ1) is 22.5. The molecule has 0 aliphatic rings. The standard InChI is InChI=1S/C28H37NO5S.C8H5ClO3S.CH4/c1-21(2)20-29(35(31,32)25-11-12-26-24(19-25)14-16-33-26)15-13-23(17-22-9-7-6-8-10-22)18-27(30)34-28(3,4)5;9-13(10,11)7-1-2-8-6(5-7)3-4-12-8;/h6-12,14,16,19,21,23H,13,15,17-18,20H2,1-5H3;1-5H;1H4/t23-;;/m1../s1. The van der Waals surface area contributed by atoms with Gasteiger partial charge < -0.3 is 13.6 Å². The maximum Gasteiger partial charge on any atom is 0.306 e. The van der Waals surface area contributed by atoms with E-state index in [0.29, 0.717) is 37.1 Å². The second-order valence-electron chi connectivity index (χ2n) is 13.1. The third-order valence-corrected chi connectivity index (χ3v) is 10.6. The summed E-state index contributed by atoms with van der Waals surface area (Å²) in [6, 6.07) is 22.8. The first-order valence-corrected chi connectivity index (χ1v) is 19.4. The van der Waals surface area contributed by atoms with E-state index in [1.54, 1.807) is 47.0 Å². The van der Waals surface area contributed by atoms with E-state index in [1.165, 1.54) is 18.4 Å². The zero-order chi connectivity index (χ0) is 35.1. The van der Waals surface area contributed by atoms with Gasteiger partial charge in [0, 0.05) is 41.0 Å². The second kappa shape index (κ2) is 16.8. The van der Waals surface area contributed by atoms with Gasteiger partial charge in [-0.2, -0.15) is 4.31 Å². The third kappa shape index (κ3) is 11.7. The van der Waals surface area contributed by atoms with E-state index in [4.69, 9.17) is 24.3 Å². The van der Waals surface area contributed by atoms with E-state index in [2.05, 4.69) is 0 Å². The van der Waals surface area contributed by atoms with Crippen LogP contribution in [0.25, 0.3) is 21.9 Å². The molecule has 0 radical (unpaired) electrons. The lowest BCUT2D eigenvalue weighted by atomic mass is 9.93. The van der Waals surface area contributed by atoms with Crippen LogP contribution in [0.1, 0.15) is 60.5 Å². The lowest BCUT2D eigenvalue weighted by molar-refractivity contribution is -0.156. The molecular weight excluding hydrogens is 686 g/mol. The Bertz CT molecular complexity index is 2030. The zero-order valence-corrected chi connectivity index (χ0v) is 30.1. The first kappa shape index (κ1) is 39.8. The van der Waals surface area contributed by atoms with Gasteiger partial charge in [0.1, 0.15) is 16.8 Å². The molecule has 9 nitrogen and oxygen atoms in total. The number of nitrogens with zero attached hydrogens (tertiary/aromatic N) is 1. The number of carbonyl (C=O) groups is 1. The maximum absolute atomic E-state index is 13.6. The van der Waals surface area contributed by atoms with Crippen molar-refractivity contribution in [1.82, 2.24) is 4.31 Å². The Labute approximate surface area is 294 Å². The highest BCUT2D eigenvalue weighted by molar-refractivity contribution is 8.13. The summed E-state index contributed by atoms with van der Waals surface area (Å²) in [4.78, 5) is 13.0. The van der Waals surface area contributed by atoms with Crippen molar-refractivity contribution in [2.45, 2.75) is 76.7 Å². The second-order valence-corrected chi connectivity index (χ2v) is 17.6. The summed E-state index contributed by atoms with van der Waals surface area (Å²) in [5, 5.41) is 1.48. The predicted octanol–water partition coefficient (Wildman–Crippen LogP) is 9.06. The van der Waals surface area contributed by atoms with Crippen molar-refractivity contribution in [3.05, 3.63) is 97.0 Å². The van der Waals surface area contributed by atoms with E-state index in [-0.39, 0.29) is 41.4 Å². The number of carbonyl (C=O) groups excluding carboxylic acids is 1. The van der Waals surface area contributed by atoms with Gasteiger partial charge in [-0.15, -0.1) is 0 Å². The minimum Gasteiger partial charge on any atom is -0.464 e. The Morgan fingerprint density at radius 3 is 1.92 bits per heavy atom. The molecule has 5 aromatic rings. The molecule has 0 unspecified atom stereocenters. The van der Waals surface area contributed by atoms with Crippen molar-refractivity contribution in [3.63, 3.8) is 0 Å². The molecular formula is C37H46ClNO8S2. The molecule has 0 saturated carbocycles. The molecule has 49 heavy (non-hydrogen) atoms. The van der Waals surface area contributed by atoms with E-state index in [0.717, 1.165) is 16.3 Å². The molecule has 12 heteroatoms. The van der Waals surface area contributed by atoms with Crippen LogP contribution in [0.4, 0.5) is 0 Å². The van der Waals surface area contributed by atoms with Gasteiger partial charge in [0.2, 0.25) is 10.0 Å².